The van der Waals surface area contributed by atoms with Crippen LogP contribution in [0.4, 0.5) is 4.79 Å². The second kappa shape index (κ2) is 11.4. The summed E-state index contributed by atoms with van der Waals surface area (Å²) in [5.41, 5.74) is 0.903. The number of rotatable bonds is 9. The highest BCUT2D eigenvalue weighted by Crippen LogP contribution is 2.14. The van der Waals surface area contributed by atoms with Gasteiger partial charge in [-0.15, -0.1) is 0 Å². The van der Waals surface area contributed by atoms with Crippen LogP contribution in [0, 0.1) is 11.8 Å². The summed E-state index contributed by atoms with van der Waals surface area (Å²) in [6.07, 6.45) is 0.0269. The van der Waals surface area contributed by atoms with Crippen molar-refractivity contribution in [2.45, 2.75) is 33.8 Å². The summed E-state index contributed by atoms with van der Waals surface area (Å²) >= 11 is 5.27. The standard InChI is InChI=1S/C18H26N2O4S/c1-4-23-17(21)15(10-13(2)3)16(25)19-12-20-18(22)24-11-14-8-6-5-7-9-14/h5-9,13,15H,4,10-12H2,1-3H3,(H,19,25)(H,20,22). The first-order chi connectivity index (χ1) is 11.9. The third-order valence-electron chi connectivity index (χ3n) is 3.30. The smallest absolute Gasteiger partial charge is 0.408 e. The van der Waals surface area contributed by atoms with E-state index in [0.717, 1.165) is 5.56 Å². The minimum absolute atomic E-state index is 0.0838. The van der Waals surface area contributed by atoms with Gasteiger partial charge < -0.3 is 20.1 Å². The minimum atomic E-state index is -0.560. The quantitative estimate of drug-likeness (QED) is 0.397. The highest BCUT2D eigenvalue weighted by Gasteiger charge is 2.25. The third kappa shape index (κ3) is 8.49. The molecule has 25 heavy (non-hydrogen) atoms. The zero-order valence-electron chi connectivity index (χ0n) is 14.9. The molecule has 0 bridgehead atoms. The molecular weight excluding hydrogens is 340 g/mol. The molecule has 6 nitrogen and oxygen atoms in total. The fourth-order valence-corrected chi connectivity index (χ4v) is 2.39. The molecule has 0 aliphatic rings. The van der Waals surface area contributed by atoms with Crippen LogP contribution < -0.4 is 10.6 Å². The van der Waals surface area contributed by atoms with Crippen LogP contribution in [0.1, 0.15) is 32.8 Å². The average Bonchev–Trinajstić information content (AvgIpc) is 2.58. The van der Waals surface area contributed by atoms with E-state index in [1.54, 1.807) is 6.92 Å². The van der Waals surface area contributed by atoms with Crippen LogP contribution in [-0.2, 0) is 20.9 Å². The van der Waals surface area contributed by atoms with Crippen LogP contribution in [-0.4, -0.2) is 30.3 Å². The highest BCUT2D eigenvalue weighted by atomic mass is 32.1. The maximum atomic E-state index is 12.0. The summed E-state index contributed by atoms with van der Waals surface area (Å²) < 4.78 is 10.2. The van der Waals surface area contributed by atoms with E-state index in [1.165, 1.54) is 0 Å². The Morgan fingerprint density at radius 2 is 1.80 bits per heavy atom. The Balaban J connectivity index is 2.37. The van der Waals surface area contributed by atoms with Crippen LogP contribution in [0.5, 0.6) is 0 Å². The molecule has 1 unspecified atom stereocenters. The molecule has 0 spiro atoms. The molecule has 7 heteroatoms. The van der Waals surface area contributed by atoms with E-state index in [0.29, 0.717) is 18.0 Å². The van der Waals surface area contributed by atoms with Gasteiger partial charge in [0, 0.05) is 0 Å². The molecule has 1 atom stereocenters. The van der Waals surface area contributed by atoms with Gasteiger partial charge in [-0.3, -0.25) is 4.79 Å². The molecule has 0 radical (unpaired) electrons. The van der Waals surface area contributed by atoms with Crippen molar-refractivity contribution in [3.63, 3.8) is 0 Å². The van der Waals surface area contributed by atoms with Crippen molar-refractivity contribution >= 4 is 29.3 Å². The van der Waals surface area contributed by atoms with Gasteiger partial charge in [0.05, 0.1) is 18.3 Å². The van der Waals surface area contributed by atoms with Crippen molar-refractivity contribution < 1.29 is 19.1 Å². The topological polar surface area (TPSA) is 76.7 Å². The molecule has 0 aliphatic heterocycles. The SMILES string of the molecule is CCOC(=O)C(CC(C)C)C(=S)NCNC(=O)OCc1ccccc1. The number of amides is 1. The average molecular weight is 366 g/mol. The monoisotopic (exact) mass is 366 g/mol. The van der Waals surface area contributed by atoms with Crippen LogP contribution in [0.25, 0.3) is 0 Å². The van der Waals surface area contributed by atoms with Gasteiger partial charge in [-0.25, -0.2) is 4.79 Å². The van der Waals surface area contributed by atoms with Crippen molar-refractivity contribution in [2.24, 2.45) is 11.8 Å². The molecule has 0 fully saturated rings. The van der Waals surface area contributed by atoms with E-state index in [2.05, 4.69) is 10.6 Å². The van der Waals surface area contributed by atoms with Crippen LogP contribution in [0.2, 0.25) is 0 Å². The lowest BCUT2D eigenvalue weighted by molar-refractivity contribution is -0.146. The van der Waals surface area contributed by atoms with Crippen molar-refractivity contribution in [1.82, 2.24) is 10.6 Å². The zero-order valence-corrected chi connectivity index (χ0v) is 15.7. The van der Waals surface area contributed by atoms with E-state index in [9.17, 15) is 9.59 Å². The molecule has 2 N–H and O–H groups in total. The molecule has 0 aromatic heterocycles. The summed E-state index contributed by atoms with van der Waals surface area (Å²) in [5.74, 6) is -0.574. The fourth-order valence-electron chi connectivity index (χ4n) is 2.13. The summed E-state index contributed by atoms with van der Waals surface area (Å²) in [6.45, 7) is 6.35. The number of benzene rings is 1. The summed E-state index contributed by atoms with van der Waals surface area (Å²) in [7, 11) is 0. The fraction of sp³-hybridized carbons (Fsp3) is 0.500. The molecule has 138 valence electrons. The molecule has 1 aromatic rings. The normalized spacial score (nSPS) is 11.5. The highest BCUT2D eigenvalue weighted by molar-refractivity contribution is 7.80. The maximum Gasteiger partial charge on any atom is 0.408 e. The van der Waals surface area contributed by atoms with Crippen molar-refractivity contribution in [3.05, 3.63) is 35.9 Å². The number of alkyl carbamates (subject to hydrolysis) is 1. The van der Waals surface area contributed by atoms with E-state index in [-0.39, 0.29) is 25.2 Å². The Morgan fingerprint density at radius 3 is 2.40 bits per heavy atom. The first-order valence-electron chi connectivity index (χ1n) is 8.32. The molecular formula is C18H26N2O4S. The van der Waals surface area contributed by atoms with Gasteiger partial charge in [0.2, 0.25) is 0 Å². The van der Waals surface area contributed by atoms with Crippen LogP contribution in [0.15, 0.2) is 30.3 Å². The number of hydrogen-bond donors (Lipinski definition) is 2. The van der Waals surface area contributed by atoms with E-state index < -0.39 is 12.0 Å². The zero-order chi connectivity index (χ0) is 18.7. The molecule has 0 saturated heterocycles. The second-order valence-corrected chi connectivity index (χ2v) is 6.33. The molecule has 1 amide bonds. The minimum Gasteiger partial charge on any atom is -0.465 e. The number of esters is 1. The van der Waals surface area contributed by atoms with Crippen molar-refractivity contribution in [2.75, 3.05) is 13.3 Å². The number of carbonyl (C=O) groups excluding carboxylic acids is 2. The molecule has 0 saturated carbocycles. The molecule has 1 rings (SSSR count). The van der Waals surface area contributed by atoms with Gasteiger partial charge in [-0.2, -0.15) is 0 Å². The van der Waals surface area contributed by atoms with Gasteiger partial charge in [0.1, 0.15) is 12.5 Å². The lowest BCUT2D eigenvalue weighted by Gasteiger charge is -2.19. The Bertz CT molecular complexity index is 563. The Kier molecular flexibility index (Phi) is 9.54. The van der Waals surface area contributed by atoms with Gasteiger partial charge in [0.25, 0.3) is 0 Å². The summed E-state index contributed by atoms with van der Waals surface area (Å²) in [5, 5.41) is 5.43. The number of ether oxygens (including phenoxy) is 2. The van der Waals surface area contributed by atoms with Crippen molar-refractivity contribution in [1.29, 1.82) is 0 Å². The third-order valence-corrected chi connectivity index (χ3v) is 3.73. The van der Waals surface area contributed by atoms with Crippen LogP contribution >= 0.6 is 12.2 Å². The Hall–Kier alpha value is -2.15. The summed E-state index contributed by atoms with van der Waals surface area (Å²) in [6, 6.07) is 9.39. The number of thiocarbonyl (C=S) groups is 1. The number of nitrogens with one attached hydrogen (secondary N) is 2. The van der Waals surface area contributed by atoms with E-state index in [4.69, 9.17) is 21.7 Å². The number of hydrogen-bond acceptors (Lipinski definition) is 5. The van der Waals surface area contributed by atoms with E-state index in [1.807, 2.05) is 44.2 Å². The summed E-state index contributed by atoms with van der Waals surface area (Å²) in [4.78, 5) is 24.0. The van der Waals surface area contributed by atoms with Gasteiger partial charge in [-0.05, 0) is 24.8 Å². The number of carbonyl (C=O) groups is 2. The van der Waals surface area contributed by atoms with Crippen molar-refractivity contribution in [3.8, 4) is 0 Å². The molecule has 0 heterocycles. The predicted molar refractivity (Wildman–Crippen MR) is 99.9 cm³/mol. The molecule has 0 aliphatic carbocycles. The molecule has 1 aromatic carbocycles. The Morgan fingerprint density at radius 1 is 1.12 bits per heavy atom. The largest absolute Gasteiger partial charge is 0.465 e. The van der Waals surface area contributed by atoms with Crippen LogP contribution in [0.3, 0.4) is 0 Å². The van der Waals surface area contributed by atoms with E-state index >= 15 is 0 Å². The van der Waals surface area contributed by atoms with Gasteiger partial charge >= 0.3 is 12.1 Å². The lowest BCUT2D eigenvalue weighted by Crippen LogP contribution is -2.42. The predicted octanol–water partition coefficient (Wildman–Crippen LogP) is 3.01. The second-order valence-electron chi connectivity index (χ2n) is 5.89. The first kappa shape index (κ1) is 20.9. The first-order valence-corrected chi connectivity index (χ1v) is 8.73. The Labute approximate surface area is 154 Å². The van der Waals surface area contributed by atoms with Gasteiger partial charge in [0.15, 0.2) is 0 Å². The lowest BCUT2D eigenvalue weighted by atomic mass is 9.97. The maximum absolute atomic E-state index is 12.0. The van der Waals surface area contributed by atoms with Gasteiger partial charge in [-0.1, -0.05) is 56.4 Å².